The monoisotopic (exact) mass is 400 g/mol. The number of rotatable bonds is 7. The molecule has 0 radical (unpaired) electrons. The lowest BCUT2D eigenvalue weighted by Crippen LogP contribution is -2.47. The normalized spacial score (nSPS) is 24.8. The quantitative estimate of drug-likeness (QED) is 0.762. The zero-order chi connectivity index (χ0) is 20.1. The number of pyridine rings is 1. The molecule has 6 nitrogen and oxygen atoms in total. The first-order chi connectivity index (χ1) is 14.2. The second-order valence-corrected chi connectivity index (χ2v) is 8.86. The first-order valence-corrected chi connectivity index (χ1v) is 11.6. The Morgan fingerprint density at radius 3 is 2.76 bits per heavy atom. The Kier molecular flexibility index (Phi) is 6.90. The molecule has 160 valence electrons. The summed E-state index contributed by atoms with van der Waals surface area (Å²) in [5.74, 6) is 3.23. The molecule has 0 unspecified atom stereocenters. The van der Waals surface area contributed by atoms with Gasteiger partial charge in [-0.3, -0.25) is 9.69 Å². The number of carbonyl (C=O) groups excluding carboxylic acids is 1. The van der Waals surface area contributed by atoms with E-state index in [-0.39, 0.29) is 5.91 Å². The van der Waals surface area contributed by atoms with Crippen LogP contribution in [0.15, 0.2) is 12.3 Å². The summed E-state index contributed by atoms with van der Waals surface area (Å²) in [5, 5.41) is 3.21. The molecule has 1 saturated carbocycles. The van der Waals surface area contributed by atoms with Crippen molar-refractivity contribution in [2.75, 3.05) is 44.2 Å². The summed E-state index contributed by atoms with van der Waals surface area (Å²) in [4.78, 5) is 21.5. The van der Waals surface area contributed by atoms with Crippen LogP contribution in [0, 0.1) is 5.92 Å². The van der Waals surface area contributed by atoms with Crippen LogP contribution in [0.25, 0.3) is 0 Å². The van der Waals surface area contributed by atoms with Crippen LogP contribution in [-0.4, -0.2) is 61.2 Å². The second-order valence-electron chi connectivity index (χ2n) is 8.86. The van der Waals surface area contributed by atoms with Crippen molar-refractivity contribution in [3.63, 3.8) is 0 Å². The van der Waals surface area contributed by atoms with E-state index in [0.717, 1.165) is 76.0 Å². The molecule has 2 aliphatic heterocycles. The maximum absolute atomic E-state index is 11.8. The molecule has 0 spiro atoms. The number of nitrogens with one attached hydrogen (secondary N) is 1. The lowest BCUT2D eigenvalue weighted by atomic mass is 9.84. The Morgan fingerprint density at radius 1 is 1.21 bits per heavy atom. The van der Waals surface area contributed by atoms with E-state index in [1.807, 2.05) is 12.3 Å². The van der Waals surface area contributed by atoms with Gasteiger partial charge in [-0.2, -0.15) is 0 Å². The van der Waals surface area contributed by atoms with Gasteiger partial charge in [0, 0.05) is 56.8 Å². The summed E-state index contributed by atoms with van der Waals surface area (Å²) in [6.45, 7) is 8.41. The van der Waals surface area contributed by atoms with Crippen molar-refractivity contribution in [3.05, 3.63) is 17.8 Å². The zero-order valence-electron chi connectivity index (χ0n) is 17.9. The molecule has 29 heavy (non-hydrogen) atoms. The molecule has 6 heteroatoms. The minimum absolute atomic E-state index is 0.235. The van der Waals surface area contributed by atoms with Crippen LogP contribution in [0.3, 0.4) is 0 Å². The van der Waals surface area contributed by atoms with Crippen LogP contribution >= 0.6 is 0 Å². The SMILES string of the molecule is CCCC(=O)N[C@H]1CC[C@H](CCN2CCN(c3nccc4c3CCO4)CC2)CC1. The average Bonchev–Trinajstić information content (AvgIpc) is 3.23. The van der Waals surface area contributed by atoms with E-state index in [2.05, 4.69) is 27.0 Å². The number of piperazine rings is 1. The van der Waals surface area contributed by atoms with Gasteiger partial charge in [-0.25, -0.2) is 4.98 Å². The number of fused-ring (bicyclic) bond motifs is 1. The third kappa shape index (κ3) is 5.21. The molecule has 1 aromatic rings. The van der Waals surface area contributed by atoms with E-state index >= 15 is 0 Å². The Morgan fingerprint density at radius 2 is 2.00 bits per heavy atom. The van der Waals surface area contributed by atoms with Crippen LogP contribution < -0.4 is 15.0 Å². The van der Waals surface area contributed by atoms with Gasteiger partial charge in [0.15, 0.2) is 0 Å². The van der Waals surface area contributed by atoms with Crippen molar-refractivity contribution in [2.45, 2.75) is 64.3 Å². The van der Waals surface area contributed by atoms with Gasteiger partial charge in [0.25, 0.3) is 0 Å². The van der Waals surface area contributed by atoms with Gasteiger partial charge < -0.3 is 15.0 Å². The predicted molar refractivity (Wildman–Crippen MR) is 116 cm³/mol. The van der Waals surface area contributed by atoms with Gasteiger partial charge in [-0.05, 0) is 57.1 Å². The lowest BCUT2D eigenvalue weighted by Gasteiger charge is -2.37. The standard InChI is InChI=1S/C23H36N4O2/c1-2-3-22(28)25-19-6-4-18(5-7-19)9-12-26-13-15-27(16-14-26)23-20-10-17-29-21(20)8-11-24-23/h8,11,18-19H,2-7,9-10,12-17H2,1H3,(H,25,28)/t18-,19-. The Labute approximate surface area is 175 Å². The Bertz CT molecular complexity index is 679. The smallest absolute Gasteiger partial charge is 0.220 e. The van der Waals surface area contributed by atoms with Crippen LogP contribution in [-0.2, 0) is 11.2 Å². The summed E-state index contributed by atoms with van der Waals surface area (Å²) >= 11 is 0. The highest BCUT2D eigenvalue weighted by atomic mass is 16.5. The van der Waals surface area contributed by atoms with Crippen molar-refractivity contribution in [3.8, 4) is 5.75 Å². The lowest BCUT2D eigenvalue weighted by molar-refractivity contribution is -0.122. The fourth-order valence-electron chi connectivity index (χ4n) is 5.04. The number of aromatic nitrogens is 1. The molecular formula is C23H36N4O2. The van der Waals surface area contributed by atoms with E-state index in [0.29, 0.717) is 12.5 Å². The van der Waals surface area contributed by atoms with Crippen molar-refractivity contribution in [2.24, 2.45) is 5.92 Å². The third-order valence-corrected chi connectivity index (χ3v) is 6.81. The van der Waals surface area contributed by atoms with Crippen LogP contribution in [0.2, 0.25) is 0 Å². The molecule has 1 saturated heterocycles. The number of hydrogen-bond donors (Lipinski definition) is 1. The van der Waals surface area contributed by atoms with Crippen LogP contribution in [0.1, 0.15) is 57.4 Å². The predicted octanol–water partition coefficient (Wildman–Crippen LogP) is 3.00. The third-order valence-electron chi connectivity index (χ3n) is 6.81. The van der Waals surface area contributed by atoms with E-state index < -0.39 is 0 Å². The molecule has 3 aliphatic rings. The summed E-state index contributed by atoms with van der Waals surface area (Å²) in [6, 6.07) is 2.41. The van der Waals surface area contributed by atoms with E-state index in [1.54, 1.807) is 0 Å². The summed E-state index contributed by atoms with van der Waals surface area (Å²) in [5.41, 5.74) is 1.30. The fourth-order valence-corrected chi connectivity index (χ4v) is 5.04. The van der Waals surface area contributed by atoms with E-state index in [9.17, 15) is 4.79 Å². The number of nitrogens with zero attached hydrogens (tertiary/aromatic N) is 3. The molecule has 4 rings (SSSR count). The summed E-state index contributed by atoms with van der Waals surface area (Å²) < 4.78 is 5.70. The van der Waals surface area contributed by atoms with Crippen molar-refractivity contribution < 1.29 is 9.53 Å². The minimum atomic E-state index is 0.235. The molecule has 2 fully saturated rings. The van der Waals surface area contributed by atoms with Gasteiger partial charge in [0.2, 0.25) is 5.91 Å². The molecule has 3 heterocycles. The largest absolute Gasteiger partial charge is 0.493 e. The zero-order valence-corrected chi connectivity index (χ0v) is 17.9. The first-order valence-electron chi connectivity index (χ1n) is 11.6. The molecule has 1 amide bonds. The van der Waals surface area contributed by atoms with Gasteiger partial charge in [0.1, 0.15) is 11.6 Å². The van der Waals surface area contributed by atoms with Crippen molar-refractivity contribution >= 4 is 11.7 Å². The first kappa shape index (κ1) is 20.5. The van der Waals surface area contributed by atoms with Gasteiger partial charge >= 0.3 is 0 Å². The summed E-state index contributed by atoms with van der Waals surface area (Å²) in [6.07, 6.45) is 10.6. The molecular weight excluding hydrogens is 364 g/mol. The fraction of sp³-hybridized carbons (Fsp3) is 0.739. The molecule has 1 aliphatic carbocycles. The highest BCUT2D eigenvalue weighted by Gasteiger charge is 2.26. The maximum Gasteiger partial charge on any atom is 0.220 e. The topological polar surface area (TPSA) is 57.7 Å². The molecule has 0 atom stereocenters. The van der Waals surface area contributed by atoms with E-state index in [4.69, 9.17) is 4.74 Å². The number of carbonyl (C=O) groups is 1. The average molecular weight is 401 g/mol. The molecule has 0 aromatic carbocycles. The Balaban J connectivity index is 1.16. The molecule has 0 bridgehead atoms. The number of hydrogen-bond acceptors (Lipinski definition) is 5. The van der Waals surface area contributed by atoms with Crippen LogP contribution in [0.4, 0.5) is 5.82 Å². The maximum atomic E-state index is 11.8. The highest BCUT2D eigenvalue weighted by Crippen LogP contribution is 2.32. The van der Waals surface area contributed by atoms with Gasteiger partial charge in [0.05, 0.1) is 6.61 Å². The van der Waals surface area contributed by atoms with Gasteiger partial charge in [-0.1, -0.05) is 6.92 Å². The van der Waals surface area contributed by atoms with Crippen molar-refractivity contribution in [1.82, 2.24) is 15.2 Å². The number of ether oxygens (including phenoxy) is 1. The minimum Gasteiger partial charge on any atom is -0.493 e. The highest BCUT2D eigenvalue weighted by molar-refractivity contribution is 5.76. The van der Waals surface area contributed by atoms with Crippen molar-refractivity contribution in [1.29, 1.82) is 0 Å². The number of amides is 1. The van der Waals surface area contributed by atoms with Gasteiger partial charge in [-0.15, -0.1) is 0 Å². The Hall–Kier alpha value is -1.82. The molecule has 1 N–H and O–H groups in total. The van der Waals surface area contributed by atoms with E-state index in [1.165, 1.54) is 31.4 Å². The summed E-state index contributed by atoms with van der Waals surface area (Å²) in [7, 11) is 0. The second kappa shape index (κ2) is 9.79. The van der Waals surface area contributed by atoms with Crippen LogP contribution in [0.5, 0.6) is 5.75 Å². The molecule has 1 aromatic heterocycles. The number of anilines is 1.